The molecule has 4 rings (SSSR count). The maximum Gasteiger partial charge on any atom is 0.0598 e. The van der Waals surface area contributed by atoms with Gasteiger partial charge in [0.2, 0.25) is 0 Å². The van der Waals surface area contributed by atoms with Crippen LogP contribution in [-0.4, -0.2) is 60.9 Å². The molecule has 0 spiro atoms. The van der Waals surface area contributed by atoms with Crippen LogP contribution in [0, 0.1) is 23.2 Å². The summed E-state index contributed by atoms with van der Waals surface area (Å²) in [7, 11) is 0. The fourth-order valence-electron chi connectivity index (χ4n) is 3.71. The summed E-state index contributed by atoms with van der Waals surface area (Å²) in [5.41, 5.74) is 1.37. The Hall–Kier alpha value is -0.160. The summed E-state index contributed by atoms with van der Waals surface area (Å²) in [6.45, 7) is 33.7. The SMILES string of the molecule is CC(C)(C)C1CC1.CC(C)(C)N1CCNCC1.CC(C)(C)NCC1CC1.CC(C)(C)OCC1CC1. The molecule has 4 heteroatoms. The summed E-state index contributed by atoms with van der Waals surface area (Å²) < 4.78 is 5.55. The molecule has 1 heterocycles. The molecule has 0 unspecified atom stereocenters. The van der Waals surface area contributed by atoms with Crippen molar-refractivity contribution < 1.29 is 4.74 Å². The van der Waals surface area contributed by atoms with E-state index in [1.54, 1.807) is 0 Å². The molecule has 3 saturated carbocycles. The maximum atomic E-state index is 5.55. The van der Waals surface area contributed by atoms with E-state index in [1.807, 2.05) is 0 Å². The second kappa shape index (κ2) is 14.1. The molecule has 0 radical (unpaired) electrons. The molecular weight excluding hydrogens is 430 g/mol. The molecule has 2 N–H and O–H groups in total. The van der Waals surface area contributed by atoms with Crippen LogP contribution in [0.1, 0.15) is 122 Å². The van der Waals surface area contributed by atoms with Crippen LogP contribution in [0.3, 0.4) is 0 Å². The summed E-state index contributed by atoms with van der Waals surface area (Å²) in [6.07, 6.45) is 8.62. The predicted molar refractivity (Wildman–Crippen MR) is 155 cm³/mol. The van der Waals surface area contributed by atoms with Crippen molar-refractivity contribution in [3.8, 4) is 0 Å². The molecule has 210 valence electrons. The van der Waals surface area contributed by atoms with E-state index in [0.717, 1.165) is 37.5 Å². The molecule has 0 aromatic carbocycles. The number of rotatable bonds is 4. The van der Waals surface area contributed by atoms with Crippen molar-refractivity contribution in [1.29, 1.82) is 0 Å². The molecule has 0 aromatic rings. The molecule has 4 nitrogen and oxygen atoms in total. The number of nitrogens with zero attached hydrogens (tertiary/aromatic N) is 1. The van der Waals surface area contributed by atoms with Crippen LogP contribution in [0.25, 0.3) is 0 Å². The molecule has 0 bridgehead atoms. The molecule has 4 aliphatic rings. The molecule has 1 aliphatic heterocycles. The third kappa shape index (κ3) is 20.6. The minimum Gasteiger partial charge on any atom is -0.376 e. The Balaban J connectivity index is 0.000000235. The third-order valence-corrected chi connectivity index (χ3v) is 6.93. The zero-order valence-electron chi connectivity index (χ0n) is 26.1. The van der Waals surface area contributed by atoms with Crippen molar-refractivity contribution in [2.75, 3.05) is 39.3 Å². The van der Waals surface area contributed by atoms with Crippen LogP contribution >= 0.6 is 0 Å². The molecule has 1 saturated heterocycles. The van der Waals surface area contributed by atoms with Crippen LogP contribution < -0.4 is 10.6 Å². The van der Waals surface area contributed by atoms with E-state index in [-0.39, 0.29) is 5.60 Å². The highest BCUT2D eigenvalue weighted by molar-refractivity contribution is 4.84. The fourth-order valence-corrected chi connectivity index (χ4v) is 3.71. The van der Waals surface area contributed by atoms with Gasteiger partial charge in [-0.3, -0.25) is 4.90 Å². The van der Waals surface area contributed by atoms with E-state index in [0.29, 0.717) is 16.5 Å². The lowest BCUT2D eigenvalue weighted by Crippen LogP contribution is -2.51. The summed E-state index contributed by atoms with van der Waals surface area (Å²) in [5.74, 6) is 2.95. The lowest BCUT2D eigenvalue weighted by atomic mass is 9.91. The number of hydrogen-bond donors (Lipinski definition) is 2. The van der Waals surface area contributed by atoms with Gasteiger partial charge in [-0.1, -0.05) is 20.8 Å². The highest BCUT2D eigenvalue weighted by Gasteiger charge is 2.33. The van der Waals surface area contributed by atoms with Crippen molar-refractivity contribution in [1.82, 2.24) is 15.5 Å². The minimum absolute atomic E-state index is 0.0720. The van der Waals surface area contributed by atoms with Gasteiger partial charge in [0.1, 0.15) is 0 Å². The Morgan fingerprint density at radius 1 is 0.714 bits per heavy atom. The second-order valence-corrected chi connectivity index (χ2v) is 15.5. The molecule has 35 heavy (non-hydrogen) atoms. The Kier molecular flexibility index (Phi) is 13.3. The first-order chi connectivity index (χ1) is 15.9. The average Bonchev–Trinajstić information content (AvgIpc) is 3.55. The summed E-state index contributed by atoms with van der Waals surface area (Å²) >= 11 is 0. The van der Waals surface area contributed by atoms with Gasteiger partial charge < -0.3 is 15.4 Å². The summed E-state index contributed by atoms with van der Waals surface area (Å²) in [6, 6.07) is 0. The first kappa shape index (κ1) is 32.9. The molecule has 4 fully saturated rings. The van der Waals surface area contributed by atoms with E-state index in [9.17, 15) is 0 Å². The quantitative estimate of drug-likeness (QED) is 0.435. The topological polar surface area (TPSA) is 36.5 Å². The number of ether oxygens (including phenoxy) is 1. The van der Waals surface area contributed by atoms with Gasteiger partial charge in [-0.25, -0.2) is 0 Å². The average molecular weight is 496 g/mol. The van der Waals surface area contributed by atoms with Gasteiger partial charge in [-0.15, -0.1) is 0 Å². The van der Waals surface area contributed by atoms with Crippen LogP contribution in [-0.2, 0) is 4.74 Å². The van der Waals surface area contributed by atoms with Crippen molar-refractivity contribution in [3.05, 3.63) is 0 Å². The van der Waals surface area contributed by atoms with E-state index < -0.39 is 0 Å². The van der Waals surface area contributed by atoms with Crippen LogP contribution in [0.4, 0.5) is 0 Å². The van der Waals surface area contributed by atoms with Gasteiger partial charge >= 0.3 is 0 Å². The normalized spacial score (nSPS) is 21.6. The van der Waals surface area contributed by atoms with E-state index in [2.05, 4.69) is 98.6 Å². The van der Waals surface area contributed by atoms with Crippen LogP contribution in [0.15, 0.2) is 0 Å². The maximum absolute atomic E-state index is 5.55. The lowest BCUT2D eigenvalue weighted by molar-refractivity contribution is -0.00879. The third-order valence-electron chi connectivity index (χ3n) is 6.93. The highest BCUT2D eigenvalue weighted by Crippen LogP contribution is 2.44. The molecular formula is C31H65N3O. The number of nitrogens with one attached hydrogen (secondary N) is 2. The monoisotopic (exact) mass is 496 g/mol. The first-order valence-electron chi connectivity index (χ1n) is 14.7. The molecule has 3 aliphatic carbocycles. The largest absolute Gasteiger partial charge is 0.376 e. The van der Waals surface area contributed by atoms with Gasteiger partial charge in [-0.2, -0.15) is 0 Å². The zero-order valence-corrected chi connectivity index (χ0v) is 26.1. The second-order valence-electron chi connectivity index (χ2n) is 15.5. The number of piperazine rings is 1. The van der Waals surface area contributed by atoms with E-state index in [4.69, 9.17) is 4.74 Å². The Morgan fingerprint density at radius 3 is 1.46 bits per heavy atom. The van der Waals surface area contributed by atoms with E-state index >= 15 is 0 Å². The lowest BCUT2D eigenvalue weighted by Gasteiger charge is -2.38. The summed E-state index contributed by atoms with van der Waals surface area (Å²) in [5, 5.41) is 6.83. The standard InChI is InChI=1S/C8H18N2.C8H17N.C8H16O.C7H14/c1-8(2,3)10-6-4-9-5-7-10;2*1-8(2,3)9-6-7-4-5-7;1-7(2,3)6-4-5-6/h9H,4-7H2,1-3H3;7,9H,4-6H2,1-3H3;7H,4-6H2,1-3H3;6H,4-5H2,1-3H3. The van der Waals surface area contributed by atoms with Gasteiger partial charge in [0.15, 0.2) is 0 Å². The smallest absolute Gasteiger partial charge is 0.0598 e. The van der Waals surface area contributed by atoms with Crippen molar-refractivity contribution in [2.45, 2.75) is 138 Å². The Bertz CT molecular complexity index is 518. The minimum atomic E-state index is 0.0720. The molecule has 0 amide bonds. The van der Waals surface area contributed by atoms with Crippen LogP contribution in [0.2, 0.25) is 0 Å². The van der Waals surface area contributed by atoms with Crippen molar-refractivity contribution in [3.63, 3.8) is 0 Å². The molecule has 0 aromatic heterocycles. The Labute approximate surface area is 221 Å². The zero-order chi connectivity index (χ0) is 26.9. The van der Waals surface area contributed by atoms with Crippen molar-refractivity contribution >= 4 is 0 Å². The van der Waals surface area contributed by atoms with Gasteiger partial charge in [0.05, 0.1) is 12.2 Å². The number of hydrogen-bond acceptors (Lipinski definition) is 4. The highest BCUT2D eigenvalue weighted by atomic mass is 16.5. The first-order valence-corrected chi connectivity index (χ1v) is 14.7. The van der Waals surface area contributed by atoms with E-state index in [1.165, 1.54) is 58.2 Å². The van der Waals surface area contributed by atoms with Crippen molar-refractivity contribution in [2.24, 2.45) is 23.2 Å². The predicted octanol–water partition coefficient (Wildman–Crippen LogP) is 7.13. The van der Waals surface area contributed by atoms with Gasteiger partial charge in [0.25, 0.3) is 0 Å². The van der Waals surface area contributed by atoms with Gasteiger partial charge in [-0.05, 0) is 131 Å². The van der Waals surface area contributed by atoms with Gasteiger partial charge in [0, 0.05) is 37.3 Å². The Morgan fingerprint density at radius 2 is 1.20 bits per heavy atom. The summed E-state index contributed by atoms with van der Waals surface area (Å²) in [4.78, 5) is 2.52. The molecule has 0 atom stereocenters. The van der Waals surface area contributed by atoms with Crippen LogP contribution in [0.5, 0.6) is 0 Å². The fraction of sp³-hybridized carbons (Fsp3) is 1.00.